The molecular formula is C15H23N3O3. The van der Waals surface area contributed by atoms with E-state index >= 15 is 0 Å². The van der Waals surface area contributed by atoms with Crippen LogP contribution in [0.2, 0.25) is 0 Å². The van der Waals surface area contributed by atoms with Gasteiger partial charge in [-0.05, 0) is 6.07 Å². The second kappa shape index (κ2) is 7.28. The number of anilines is 1. The molecule has 1 aromatic carbocycles. The molecule has 1 aliphatic rings. The van der Waals surface area contributed by atoms with E-state index in [0.717, 1.165) is 32.7 Å². The molecule has 1 aromatic rings. The van der Waals surface area contributed by atoms with Gasteiger partial charge in [0.2, 0.25) is 0 Å². The summed E-state index contributed by atoms with van der Waals surface area (Å²) in [5, 5.41) is 3.29. The molecule has 0 saturated carbocycles. The monoisotopic (exact) mass is 293 g/mol. The van der Waals surface area contributed by atoms with E-state index in [1.807, 2.05) is 0 Å². The largest absolute Gasteiger partial charge is 0.493 e. The molecule has 116 valence electrons. The number of hydrogen-bond acceptors (Lipinski definition) is 6. The SMILES string of the molecule is COc1cc(N)c(C(=O)CCN2CCNCC2)cc1OC. The van der Waals surface area contributed by atoms with Gasteiger partial charge in [0.15, 0.2) is 17.3 Å². The minimum atomic E-state index is 0.0342. The van der Waals surface area contributed by atoms with Crippen molar-refractivity contribution in [1.29, 1.82) is 0 Å². The number of nitrogens with zero attached hydrogens (tertiary/aromatic N) is 1. The number of piperazine rings is 1. The molecule has 6 nitrogen and oxygen atoms in total. The molecule has 1 aliphatic heterocycles. The van der Waals surface area contributed by atoms with Crippen LogP contribution in [-0.2, 0) is 0 Å². The zero-order valence-corrected chi connectivity index (χ0v) is 12.6. The number of nitrogens with one attached hydrogen (secondary N) is 1. The molecule has 0 atom stereocenters. The van der Waals surface area contributed by atoms with E-state index in [0.29, 0.717) is 29.2 Å². The van der Waals surface area contributed by atoms with E-state index in [4.69, 9.17) is 15.2 Å². The van der Waals surface area contributed by atoms with Crippen LogP contribution in [0.25, 0.3) is 0 Å². The van der Waals surface area contributed by atoms with Crippen molar-refractivity contribution in [3.8, 4) is 11.5 Å². The summed E-state index contributed by atoms with van der Waals surface area (Å²) in [4.78, 5) is 14.6. The van der Waals surface area contributed by atoms with E-state index in [1.165, 1.54) is 0 Å². The van der Waals surface area contributed by atoms with Gasteiger partial charge in [0.25, 0.3) is 0 Å². The van der Waals surface area contributed by atoms with Crippen LogP contribution in [-0.4, -0.2) is 57.6 Å². The first-order chi connectivity index (χ1) is 10.2. The van der Waals surface area contributed by atoms with Crippen molar-refractivity contribution >= 4 is 11.5 Å². The first kappa shape index (κ1) is 15.6. The average Bonchev–Trinajstić information content (AvgIpc) is 2.53. The van der Waals surface area contributed by atoms with Gasteiger partial charge in [-0.15, -0.1) is 0 Å². The van der Waals surface area contributed by atoms with Crippen LogP contribution in [0.3, 0.4) is 0 Å². The molecular weight excluding hydrogens is 270 g/mol. The van der Waals surface area contributed by atoms with Crippen molar-refractivity contribution in [1.82, 2.24) is 10.2 Å². The van der Waals surface area contributed by atoms with Crippen molar-refractivity contribution in [3.63, 3.8) is 0 Å². The van der Waals surface area contributed by atoms with Crippen LogP contribution in [0.4, 0.5) is 5.69 Å². The Bertz CT molecular complexity index is 499. The van der Waals surface area contributed by atoms with E-state index in [9.17, 15) is 4.79 Å². The van der Waals surface area contributed by atoms with E-state index in [2.05, 4.69) is 10.2 Å². The molecule has 0 amide bonds. The molecule has 0 bridgehead atoms. The molecule has 6 heteroatoms. The maximum Gasteiger partial charge on any atom is 0.166 e. The third-order valence-corrected chi connectivity index (χ3v) is 3.72. The van der Waals surface area contributed by atoms with Crippen molar-refractivity contribution in [2.24, 2.45) is 0 Å². The third-order valence-electron chi connectivity index (χ3n) is 3.72. The Morgan fingerprint density at radius 2 is 1.86 bits per heavy atom. The number of ether oxygens (including phenoxy) is 2. The molecule has 1 heterocycles. The number of hydrogen-bond donors (Lipinski definition) is 2. The van der Waals surface area contributed by atoms with Gasteiger partial charge in [-0.1, -0.05) is 0 Å². The number of rotatable bonds is 6. The summed E-state index contributed by atoms with van der Waals surface area (Å²) in [6, 6.07) is 3.30. The average molecular weight is 293 g/mol. The predicted molar refractivity (Wildman–Crippen MR) is 82.2 cm³/mol. The molecule has 1 fully saturated rings. The van der Waals surface area contributed by atoms with Crippen molar-refractivity contribution < 1.29 is 14.3 Å². The quantitative estimate of drug-likeness (QED) is 0.596. The summed E-state index contributed by atoms with van der Waals surface area (Å²) >= 11 is 0. The Kier molecular flexibility index (Phi) is 5.41. The van der Waals surface area contributed by atoms with Crippen molar-refractivity contribution in [3.05, 3.63) is 17.7 Å². The Labute approximate surface area is 125 Å². The molecule has 0 aromatic heterocycles. The van der Waals surface area contributed by atoms with Crippen molar-refractivity contribution in [2.45, 2.75) is 6.42 Å². The third kappa shape index (κ3) is 3.86. The van der Waals surface area contributed by atoms with Crippen LogP contribution in [0.5, 0.6) is 11.5 Å². The van der Waals surface area contributed by atoms with Crippen LogP contribution in [0.1, 0.15) is 16.8 Å². The van der Waals surface area contributed by atoms with Crippen LogP contribution in [0, 0.1) is 0 Å². The highest BCUT2D eigenvalue weighted by Gasteiger charge is 2.17. The molecule has 21 heavy (non-hydrogen) atoms. The number of Topliss-reactive ketones (excluding diaryl/α,β-unsaturated/α-hetero) is 1. The smallest absolute Gasteiger partial charge is 0.166 e. The molecule has 2 rings (SSSR count). The maximum atomic E-state index is 12.4. The topological polar surface area (TPSA) is 76.8 Å². The lowest BCUT2D eigenvalue weighted by atomic mass is 10.0. The lowest BCUT2D eigenvalue weighted by molar-refractivity contribution is 0.0961. The van der Waals surface area contributed by atoms with Gasteiger partial charge in [-0.25, -0.2) is 0 Å². The number of carbonyl (C=O) groups is 1. The molecule has 0 unspecified atom stereocenters. The first-order valence-corrected chi connectivity index (χ1v) is 7.13. The zero-order valence-electron chi connectivity index (χ0n) is 12.6. The summed E-state index contributed by atoms with van der Waals surface area (Å²) in [5.74, 6) is 1.10. The molecule has 3 N–H and O–H groups in total. The summed E-state index contributed by atoms with van der Waals surface area (Å²) in [7, 11) is 3.09. The number of carbonyl (C=O) groups excluding carboxylic acids is 1. The number of nitrogen functional groups attached to an aromatic ring is 1. The van der Waals surface area contributed by atoms with E-state index in [-0.39, 0.29) is 5.78 Å². The van der Waals surface area contributed by atoms with Gasteiger partial charge in [-0.3, -0.25) is 4.79 Å². The fourth-order valence-electron chi connectivity index (χ4n) is 2.47. The van der Waals surface area contributed by atoms with E-state index < -0.39 is 0 Å². The van der Waals surface area contributed by atoms with Crippen LogP contribution < -0.4 is 20.5 Å². The minimum absolute atomic E-state index is 0.0342. The highest BCUT2D eigenvalue weighted by Crippen LogP contribution is 2.32. The van der Waals surface area contributed by atoms with Gasteiger partial charge in [0.1, 0.15) is 0 Å². The Morgan fingerprint density at radius 1 is 1.24 bits per heavy atom. The van der Waals surface area contributed by atoms with Crippen LogP contribution >= 0.6 is 0 Å². The fraction of sp³-hybridized carbons (Fsp3) is 0.533. The summed E-state index contributed by atoms with van der Waals surface area (Å²) in [6.45, 7) is 4.68. The van der Waals surface area contributed by atoms with Gasteiger partial charge in [-0.2, -0.15) is 0 Å². The number of ketones is 1. The summed E-state index contributed by atoms with van der Waals surface area (Å²) < 4.78 is 10.4. The number of methoxy groups -OCH3 is 2. The fourth-order valence-corrected chi connectivity index (χ4v) is 2.47. The highest BCUT2D eigenvalue weighted by atomic mass is 16.5. The standard InChI is InChI=1S/C15H23N3O3/c1-20-14-9-11(12(16)10-15(14)21-2)13(19)3-6-18-7-4-17-5-8-18/h9-10,17H,3-8,16H2,1-2H3. The molecule has 0 radical (unpaired) electrons. The normalized spacial score (nSPS) is 15.7. The second-order valence-electron chi connectivity index (χ2n) is 5.06. The van der Waals surface area contributed by atoms with Gasteiger partial charge in [0.05, 0.1) is 14.2 Å². The van der Waals surface area contributed by atoms with Crippen molar-refractivity contribution in [2.75, 3.05) is 52.7 Å². The minimum Gasteiger partial charge on any atom is -0.493 e. The first-order valence-electron chi connectivity index (χ1n) is 7.13. The molecule has 0 spiro atoms. The lowest BCUT2D eigenvalue weighted by Crippen LogP contribution is -2.44. The lowest BCUT2D eigenvalue weighted by Gasteiger charge is -2.26. The predicted octanol–water partition coefficient (Wildman–Crippen LogP) is 0.764. The van der Waals surface area contributed by atoms with E-state index in [1.54, 1.807) is 26.4 Å². The van der Waals surface area contributed by atoms with Gasteiger partial charge >= 0.3 is 0 Å². The Morgan fingerprint density at radius 3 is 2.48 bits per heavy atom. The zero-order chi connectivity index (χ0) is 15.2. The number of nitrogens with two attached hydrogens (primary N) is 1. The molecule has 0 aliphatic carbocycles. The summed E-state index contributed by atoms with van der Waals surface area (Å²) in [5.41, 5.74) is 6.88. The van der Waals surface area contributed by atoms with Gasteiger partial charge in [0, 0.05) is 56.5 Å². The van der Waals surface area contributed by atoms with Gasteiger partial charge < -0.3 is 25.4 Å². The second-order valence-corrected chi connectivity index (χ2v) is 5.06. The summed E-state index contributed by atoms with van der Waals surface area (Å²) in [6.07, 6.45) is 0.458. The molecule has 1 saturated heterocycles. The van der Waals surface area contributed by atoms with Crippen LogP contribution in [0.15, 0.2) is 12.1 Å². The number of benzene rings is 1. The maximum absolute atomic E-state index is 12.4. The Hall–Kier alpha value is -1.79. The Balaban J connectivity index is 2.04. The highest BCUT2D eigenvalue weighted by molar-refractivity contribution is 6.01.